The summed E-state index contributed by atoms with van der Waals surface area (Å²) in [6.45, 7) is 2.76. The minimum atomic E-state index is -3.92. The third-order valence-corrected chi connectivity index (χ3v) is 6.41. The molecule has 28 heavy (non-hydrogen) atoms. The predicted octanol–water partition coefficient (Wildman–Crippen LogP) is 3.76. The largest absolute Gasteiger partial charge is 0.336 e. The van der Waals surface area contributed by atoms with Crippen LogP contribution in [0.25, 0.3) is 0 Å². The normalized spacial score (nSPS) is 17.0. The maximum atomic E-state index is 13.0. The molecule has 0 spiro atoms. The van der Waals surface area contributed by atoms with Crippen molar-refractivity contribution in [2.24, 2.45) is 0 Å². The summed E-state index contributed by atoms with van der Waals surface area (Å²) in [5, 5.41) is 9.16. The average molecular weight is 398 g/mol. The Labute approximate surface area is 165 Å². The van der Waals surface area contributed by atoms with Crippen molar-refractivity contribution in [2.75, 3.05) is 11.3 Å². The number of anilines is 1. The summed E-state index contributed by atoms with van der Waals surface area (Å²) in [7, 11) is -3.92. The number of para-hydroxylation sites is 1. The first kappa shape index (κ1) is 19.9. The van der Waals surface area contributed by atoms with Gasteiger partial charge < -0.3 is 4.90 Å². The highest BCUT2D eigenvalue weighted by atomic mass is 32.2. The van der Waals surface area contributed by atoms with Gasteiger partial charge in [0.15, 0.2) is 0 Å². The highest BCUT2D eigenvalue weighted by Gasteiger charge is 2.27. The maximum Gasteiger partial charge on any atom is 0.261 e. The number of carbonyl (C=O) groups excluding carboxylic acids is 1. The third kappa shape index (κ3) is 4.18. The number of hydrogen-bond acceptors (Lipinski definition) is 4. The first-order chi connectivity index (χ1) is 13.5. The van der Waals surface area contributed by atoms with E-state index in [1.807, 2.05) is 11.0 Å². The van der Waals surface area contributed by atoms with E-state index in [1.54, 1.807) is 30.3 Å². The van der Waals surface area contributed by atoms with Gasteiger partial charge in [-0.1, -0.05) is 25.1 Å². The molecule has 0 aromatic heterocycles. The molecule has 1 atom stereocenters. The smallest absolute Gasteiger partial charge is 0.261 e. The summed E-state index contributed by atoms with van der Waals surface area (Å²) in [5.41, 5.74) is 0.804. The number of benzene rings is 2. The van der Waals surface area contributed by atoms with E-state index in [2.05, 4.69) is 11.6 Å². The summed E-state index contributed by atoms with van der Waals surface area (Å²) in [6, 6.07) is 14.6. The zero-order chi connectivity index (χ0) is 20.1. The van der Waals surface area contributed by atoms with E-state index >= 15 is 0 Å². The molecule has 1 heterocycles. The number of amides is 1. The molecule has 2 aromatic rings. The monoisotopic (exact) mass is 397 g/mol. The van der Waals surface area contributed by atoms with Gasteiger partial charge in [0.05, 0.1) is 16.1 Å². The van der Waals surface area contributed by atoms with Crippen molar-refractivity contribution in [1.29, 1.82) is 5.26 Å². The van der Waals surface area contributed by atoms with Gasteiger partial charge in [0, 0.05) is 18.2 Å². The molecule has 0 bridgehead atoms. The predicted molar refractivity (Wildman–Crippen MR) is 107 cm³/mol. The van der Waals surface area contributed by atoms with E-state index in [4.69, 9.17) is 5.26 Å². The van der Waals surface area contributed by atoms with Gasteiger partial charge in [-0.05, 0) is 56.0 Å². The van der Waals surface area contributed by atoms with Crippen molar-refractivity contribution < 1.29 is 13.2 Å². The molecule has 2 aromatic carbocycles. The fourth-order valence-corrected chi connectivity index (χ4v) is 4.65. The van der Waals surface area contributed by atoms with Crippen LogP contribution in [0.2, 0.25) is 0 Å². The Morgan fingerprint density at radius 2 is 2.00 bits per heavy atom. The van der Waals surface area contributed by atoms with Gasteiger partial charge in [-0.3, -0.25) is 9.52 Å². The Morgan fingerprint density at radius 3 is 2.75 bits per heavy atom. The van der Waals surface area contributed by atoms with Crippen LogP contribution in [0, 0.1) is 11.3 Å². The first-order valence-electron chi connectivity index (χ1n) is 9.39. The maximum absolute atomic E-state index is 13.0. The number of piperidine rings is 1. The van der Waals surface area contributed by atoms with E-state index in [0.717, 1.165) is 25.7 Å². The van der Waals surface area contributed by atoms with Crippen LogP contribution < -0.4 is 4.72 Å². The van der Waals surface area contributed by atoms with Crippen LogP contribution >= 0.6 is 0 Å². The van der Waals surface area contributed by atoms with Gasteiger partial charge in [-0.25, -0.2) is 8.42 Å². The number of nitrogens with zero attached hydrogens (tertiary/aromatic N) is 2. The lowest BCUT2D eigenvalue weighted by Crippen LogP contribution is -2.43. The van der Waals surface area contributed by atoms with Crippen LogP contribution in [-0.2, 0) is 10.0 Å². The second kappa shape index (κ2) is 8.44. The van der Waals surface area contributed by atoms with Crippen molar-refractivity contribution in [3.05, 3.63) is 59.7 Å². The number of nitrogens with one attached hydrogen (secondary N) is 1. The van der Waals surface area contributed by atoms with Crippen LogP contribution in [0.1, 0.15) is 48.5 Å². The van der Waals surface area contributed by atoms with Crippen molar-refractivity contribution >= 4 is 21.6 Å². The summed E-state index contributed by atoms with van der Waals surface area (Å²) in [5.74, 6) is -0.138. The van der Waals surface area contributed by atoms with E-state index in [0.29, 0.717) is 12.1 Å². The number of likely N-dealkylation sites (tertiary alicyclic amines) is 1. The molecule has 1 saturated heterocycles. The lowest BCUT2D eigenvalue weighted by atomic mass is 9.99. The Morgan fingerprint density at radius 1 is 1.21 bits per heavy atom. The molecule has 6 nitrogen and oxygen atoms in total. The quantitative estimate of drug-likeness (QED) is 0.832. The summed E-state index contributed by atoms with van der Waals surface area (Å²) >= 11 is 0. The SMILES string of the molecule is CCC1CCCCN1C(=O)c1cccc(S(=O)(=O)Nc2ccccc2C#N)c1. The zero-order valence-electron chi connectivity index (χ0n) is 15.8. The van der Waals surface area contributed by atoms with Crippen LogP contribution in [-0.4, -0.2) is 31.8 Å². The topological polar surface area (TPSA) is 90.3 Å². The first-order valence-corrected chi connectivity index (χ1v) is 10.9. The van der Waals surface area contributed by atoms with Crippen LogP contribution in [0.15, 0.2) is 53.4 Å². The fraction of sp³-hybridized carbons (Fsp3) is 0.333. The lowest BCUT2D eigenvalue weighted by molar-refractivity contribution is 0.0608. The molecule has 146 valence electrons. The Balaban J connectivity index is 1.88. The second-order valence-corrected chi connectivity index (χ2v) is 8.53. The average Bonchev–Trinajstić information content (AvgIpc) is 2.73. The highest BCUT2D eigenvalue weighted by molar-refractivity contribution is 7.92. The molecular weight excluding hydrogens is 374 g/mol. The molecule has 0 radical (unpaired) electrons. The lowest BCUT2D eigenvalue weighted by Gasteiger charge is -2.35. The summed E-state index contributed by atoms with van der Waals surface area (Å²) in [6.07, 6.45) is 3.94. The number of rotatable bonds is 5. The number of sulfonamides is 1. The van der Waals surface area contributed by atoms with E-state index in [9.17, 15) is 13.2 Å². The van der Waals surface area contributed by atoms with Gasteiger partial charge in [0.1, 0.15) is 6.07 Å². The van der Waals surface area contributed by atoms with Crippen LogP contribution in [0.4, 0.5) is 5.69 Å². The molecule has 7 heteroatoms. The number of hydrogen-bond donors (Lipinski definition) is 1. The molecular formula is C21H23N3O3S. The number of nitriles is 1. The van der Waals surface area contributed by atoms with E-state index in [-0.39, 0.29) is 28.1 Å². The van der Waals surface area contributed by atoms with Crippen LogP contribution in [0.5, 0.6) is 0 Å². The number of carbonyl (C=O) groups is 1. The third-order valence-electron chi connectivity index (χ3n) is 5.04. The zero-order valence-corrected chi connectivity index (χ0v) is 16.6. The summed E-state index contributed by atoms with van der Waals surface area (Å²) in [4.78, 5) is 14.8. The van der Waals surface area contributed by atoms with Crippen LogP contribution in [0.3, 0.4) is 0 Å². The molecule has 0 aliphatic carbocycles. The van der Waals surface area contributed by atoms with E-state index in [1.165, 1.54) is 18.2 Å². The van der Waals surface area contributed by atoms with Gasteiger partial charge in [0.2, 0.25) is 0 Å². The minimum Gasteiger partial charge on any atom is -0.336 e. The molecule has 1 aliphatic heterocycles. The van der Waals surface area contributed by atoms with Gasteiger partial charge in [-0.2, -0.15) is 5.26 Å². The van der Waals surface area contributed by atoms with Crippen molar-refractivity contribution in [3.63, 3.8) is 0 Å². The molecule has 1 aliphatic rings. The molecule has 3 rings (SSSR count). The summed E-state index contributed by atoms with van der Waals surface area (Å²) < 4.78 is 28.0. The minimum absolute atomic E-state index is 0.00356. The molecule has 1 fully saturated rings. The van der Waals surface area contributed by atoms with Crippen molar-refractivity contribution in [1.82, 2.24) is 4.90 Å². The van der Waals surface area contributed by atoms with Gasteiger partial charge >= 0.3 is 0 Å². The molecule has 1 N–H and O–H groups in total. The van der Waals surface area contributed by atoms with Gasteiger partial charge in [-0.15, -0.1) is 0 Å². The fourth-order valence-electron chi connectivity index (χ4n) is 3.53. The molecule has 1 amide bonds. The molecule has 1 unspecified atom stereocenters. The Kier molecular flexibility index (Phi) is 6.00. The van der Waals surface area contributed by atoms with Gasteiger partial charge in [0.25, 0.3) is 15.9 Å². The Hall–Kier alpha value is -2.85. The highest BCUT2D eigenvalue weighted by Crippen LogP contribution is 2.24. The van der Waals surface area contributed by atoms with Crippen molar-refractivity contribution in [2.45, 2.75) is 43.5 Å². The Bertz CT molecular complexity index is 1010. The van der Waals surface area contributed by atoms with Crippen molar-refractivity contribution in [3.8, 4) is 6.07 Å². The molecule has 0 saturated carbocycles. The second-order valence-electron chi connectivity index (χ2n) is 6.85. The standard InChI is InChI=1S/C21H23N3O3S/c1-2-18-10-5-6-13-24(18)21(25)16-9-7-11-19(14-16)28(26,27)23-20-12-4-3-8-17(20)15-22/h3-4,7-9,11-12,14,18,23H,2,5-6,10,13H2,1H3. The van der Waals surface area contributed by atoms with E-state index < -0.39 is 10.0 Å².